The van der Waals surface area contributed by atoms with E-state index in [-0.39, 0.29) is 5.91 Å². The minimum absolute atomic E-state index is 0.183. The zero-order chi connectivity index (χ0) is 16.2. The highest BCUT2D eigenvalue weighted by atomic mass is 79.9. The number of aromatic nitrogens is 2. The molecule has 0 bridgehead atoms. The third kappa shape index (κ3) is 4.04. The van der Waals surface area contributed by atoms with Crippen LogP contribution in [0, 0.1) is 0 Å². The molecule has 0 spiro atoms. The molecule has 3 aromatic rings. The average Bonchev–Trinajstić information content (AvgIpc) is 3.03. The molecule has 0 saturated carbocycles. The number of thiazole rings is 1. The van der Waals surface area contributed by atoms with Crippen LogP contribution in [0.4, 0.5) is 0 Å². The van der Waals surface area contributed by atoms with Crippen molar-refractivity contribution >= 4 is 49.1 Å². The van der Waals surface area contributed by atoms with Crippen molar-refractivity contribution in [2.75, 3.05) is 0 Å². The fourth-order valence-electron chi connectivity index (χ4n) is 1.94. The van der Waals surface area contributed by atoms with Crippen LogP contribution in [0.3, 0.4) is 0 Å². The molecule has 23 heavy (non-hydrogen) atoms. The highest BCUT2D eigenvalue weighted by molar-refractivity contribution is 9.11. The summed E-state index contributed by atoms with van der Waals surface area (Å²) in [6, 6.07) is 13.5. The second-order valence-corrected chi connectivity index (χ2v) is 7.10. The van der Waals surface area contributed by atoms with Crippen LogP contribution in [-0.4, -0.2) is 15.9 Å². The molecule has 0 radical (unpaired) electrons. The van der Waals surface area contributed by atoms with E-state index in [0.29, 0.717) is 16.8 Å². The number of hydrogen-bond acceptors (Lipinski definition) is 4. The summed E-state index contributed by atoms with van der Waals surface area (Å²) in [6.45, 7) is 0.482. The van der Waals surface area contributed by atoms with Crippen molar-refractivity contribution in [2.24, 2.45) is 0 Å². The van der Waals surface area contributed by atoms with Gasteiger partial charge in [0.15, 0.2) is 0 Å². The first-order chi connectivity index (χ1) is 11.1. The molecule has 0 atom stereocenters. The van der Waals surface area contributed by atoms with Crippen LogP contribution in [0.2, 0.25) is 0 Å². The minimum Gasteiger partial charge on any atom is -0.347 e. The van der Waals surface area contributed by atoms with Crippen LogP contribution in [0.1, 0.15) is 16.1 Å². The van der Waals surface area contributed by atoms with Crippen LogP contribution in [-0.2, 0) is 6.54 Å². The van der Waals surface area contributed by atoms with E-state index in [1.807, 2.05) is 42.5 Å². The third-order valence-corrected chi connectivity index (χ3v) is 5.00. The standard InChI is InChI=1S/C16H11Br2N3OS/c17-13-7-6-11(14(18)21-13)16-20-12(9-23-16)15(22)19-8-10-4-2-1-3-5-10/h1-7,9H,8H2,(H,19,22). The fourth-order valence-corrected chi connectivity index (χ4v) is 3.96. The van der Waals surface area contributed by atoms with E-state index in [1.165, 1.54) is 11.3 Å². The van der Waals surface area contributed by atoms with Gasteiger partial charge in [-0.3, -0.25) is 4.79 Å². The SMILES string of the molecule is O=C(NCc1ccccc1)c1csc(-c2ccc(Br)nc2Br)n1. The molecule has 1 N–H and O–H groups in total. The highest BCUT2D eigenvalue weighted by Crippen LogP contribution is 2.30. The van der Waals surface area contributed by atoms with Gasteiger partial charge in [-0.25, -0.2) is 9.97 Å². The Labute approximate surface area is 154 Å². The van der Waals surface area contributed by atoms with E-state index in [2.05, 4.69) is 47.1 Å². The Kier molecular flexibility index (Phi) is 5.20. The molecule has 2 aromatic heterocycles. The predicted molar refractivity (Wildman–Crippen MR) is 98.4 cm³/mol. The lowest BCUT2D eigenvalue weighted by Crippen LogP contribution is -2.23. The lowest BCUT2D eigenvalue weighted by molar-refractivity contribution is 0.0946. The molecule has 4 nitrogen and oxygen atoms in total. The topological polar surface area (TPSA) is 54.9 Å². The van der Waals surface area contributed by atoms with Crippen molar-refractivity contribution < 1.29 is 4.79 Å². The molecule has 7 heteroatoms. The molecule has 116 valence electrons. The molecule has 0 aliphatic carbocycles. The van der Waals surface area contributed by atoms with Gasteiger partial charge in [0.2, 0.25) is 0 Å². The summed E-state index contributed by atoms with van der Waals surface area (Å²) in [5.41, 5.74) is 2.33. The van der Waals surface area contributed by atoms with Crippen molar-refractivity contribution in [3.8, 4) is 10.6 Å². The van der Waals surface area contributed by atoms with Crippen LogP contribution >= 0.6 is 43.2 Å². The molecule has 1 amide bonds. The summed E-state index contributed by atoms with van der Waals surface area (Å²) in [6.07, 6.45) is 0. The zero-order valence-corrected chi connectivity index (χ0v) is 15.8. The van der Waals surface area contributed by atoms with Crippen molar-refractivity contribution in [3.05, 3.63) is 68.3 Å². The predicted octanol–water partition coefficient (Wildman–Crippen LogP) is 4.66. The van der Waals surface area contributed by atoms with Gasteiger partial charge in [-0.15, -0.1) is 11.3 Å². The maximum Gasteiger partial charge on any atom is 0.271 e. The Morgan fingerprint density at radius 3 is 2.61 bits per heavy atom. The Balaban J connectivity index is 1.72. The molecule has 3 rings (SSSR count). The van der Waals surface area contributed by atoms with E-state index in [4.69, 9.17) is 0 Å². The molecule has 2 heterocycles. The lowest BCUT2D eigenvalue weighted by atomic mass is 10.2. The Hall–Kier alpha value is -1.57. The van der Waals surface area contributed by atoms with Crippen LogP contribution in [0.25, 0.3) is 10.6 Å². The number of rotatable bonds is 4. The number of pyridine rings is 1. The maximum atomic E-state index is 12.2. The van der Waals surface area contributed by atoms with E-state index in [1.54, 1.807) is 5.38 Å². The van der Waals surface area contributed by atoms with Crippen molar-refractivity contribution in [3.63, 3.8) is 0 Å². The van der Waals surface area contributed by atoms with Crippen molar-refractivity contribution in [2.45, 2.75) is 6.54 Å². The number of hydrogen-bond donors (Lipinski definition) is 1. The van der Waals surface area contributed by atoms with Gasteiger partial charge in [-0.2, -0.15) is 0 Å². The van der Waals surface area contributed by atoms with Gasteiger partial charge in [0.1, 0.15) is 19.9 Å². The molecule has 0 fully saturated rings. The van der Waals surface area contributed by atoms with Gasteiger partial charge < -0.3 is 5.32 Å². The molecular weight excluding hydrogens is 442 g/mol. The average molecular weight is 453 g/mol. The number of benzene rings is 1. The number of carbonyl (C=O) groups is 1. The smallest absolute Gasteiger partial charge is 0.271 e. The first-order valence-corrected chi connectivity index (χ1v) is 9.20. The van der Waals surface area contributed by atoms with Crippen LogP contribution < -0.4 is 5.32 Å². The summed E-state index contributed by atoms with van der Waals surface area (Å²) in [5, 5.41) is 5.38. The largest absolute Gasteiger partial charge is 0.347 e. The Morgan fingerprint density at radius 1 is 1.09 bits per heavy atom. The zero-order valence-electron chi connectivity index (χ0n) is 11.8. The molecule has 0 aliphatic heterocycles. The van der Waals surface area contributed by atoms with Gasteiger partial charge in [0.05, 0.1) is 0 Å². The van der Waals surface area contributed by atoms with Gasteiger partial charge in [0.25, 0.3) is 5.91 Å². The maximum absolute atomic E-state index is 12.2. The molecule has 0 saturated heterocycles. The van der Waals surface area contributed by atoms with Gasteiger partial charge in [-0.1, -0.05) is 30.3 Å². The third-order valence-electron chi connectivity index (χ3n) is 3.08. The number of carbonyl (C=O) groups excluding carboxylic acids is 1. The minimum atomic E-state index is -0.183. The van der Waals surface area contributed by atoms with E-state index >= 15 is 0 Å². The summed E-state index contributed by atoms with van der Waals surface area (Å²) >= 11 is 8.15. The number of nitrogens with one attached hydrogen (secondary N) is 1. The quantitative estimate of drug-likeness (QED) is 0.585. The molecule has 1 aromatic carbocycles. The number of nitrogens with zero attached hydrogens (tertiary/aromatic N) is 2. The number of amides is 1. The normalized spacial score (nSPS) is 10.5. The molecular formula is C16H11Br2N3OS. The van der Waals surface area contributed by atoms with Crippen LogP contribution in [0.15, 0.2) is 57.1 Å². The van der Waals surface area contributed by atoms with Gasteiger partial charge >= 0.3 is 0 Å². The van der Waals surface area contributed by atoms with Gasteiger partial charge in [-0.05, 0) is 49.6 Å². The van der Waals surface area contributed by atoms with Crippen LogP contribution in [0.5, 0.6) is 0 Å². The van der Waals surface area contributed by atoms with E-state index in [0.717, 1.165) is 20.7 Å². The lowest BCUT2D eigenvalue weighted by Gasteiger charge is -2.03. The number of halogens is 2. The second kappa shape index (κ2) is 7.33. The monoisotopic (exact) mass is 451 g/mol. The highest BCUT2D eigenvalue weighted by Gasteiger charge is 2.14. The van der Waals surface area contributed by atoms with Gasteiger partial charge in [0, 0.05) is 17.5 Å². The summed E-state index contributed by atoms with van der Waals surface area (Å²) in [5.74, 6) is -0.183. The van der Waals surface area contributed by atoms with E-state index < -0.39 is 0 Å². The summed E-state index contributed by atoms with van der Waals surface area (Å²) < 4.78 is 1.43. The summed E-state index contributed by atoms with van der Waals surface area (Å²) in [4.78, 5) is 20.9. The second-order valence-electron chi connectivity index (χ2n) is 4.68. The Bertz CT molecular complexity index is 836. The van der Waals surface area contributed by atoms with Crippen molar-refractivity contribution in [1.82, 2.24) is 15.3 Å². The fraction of sp³-hybridized carbons (Fsp3) is 0.0625. The molecule has 0 unspecified atom stereocenters. The first-order valence-electron chi connectivity index (χ1n) is 6.73. The molecule has 0 aliphatic rings. The van der Waals surface area contributed by atoms with E-state index in [9.17, 15) is 4.79 Å². The summed E-state index contributed by atoms with van der Waals surface area (Å²) in [7, 11) is 0. The first kappa shape index (κ1) is 16.3. The van der Waals surface area contributed by atoms with Crippen molar-refractivity contribution in [1.29, 1.82) is 0 Å². The Morgan fingerprint density at radius 2 is 1.87 bits per heavy atom.